The van der Waals surface area contributed by atoms with Crippen molar-refractivity contribution in [3.8, 4) is 22.8 Å². The first-order chi connectivity index (χ1) is 14.6. The molecule has 2 aromatic heterocycles. The molecule has 2 aromatic carbocycles. The third kappa shape index (κ3) is 4.61. The third-order valence-electron chi connectivity index (χ3n) is 4.12. The number of phenolic OH excluding ortho intramolecular Hbond substituents is 1. The maximum atomic E-state index is 12.4. The summed E-state index contributed by atoms with van der Waals surface area (Å²) in [6.07, 6.45) is 3.37. The number of pyridine rings is 1. The molecule has 0 fully saturated rings. The van der Waals surface area contributed by atoms with Crippen LogP contribution in [0, 0.1) is 0 Å². The molecule has 0 saturated heterocycles. The van der Waals surface area contributed by atoms with Gasteiger partial charge in [-0.3, -0.25) is 14.3 Å². The smallest absolute Gasteiger partial charge is 0.234 e. The minimum atomic E-state index is -0.221. The molecule has 4 aromatic rings. The standard InChI is InChI=1S/C21H16ClN5O2S/c22-15-4-6-17(7-5-15)27-20(14-8-10-23-11-9-14)25-26-21(27)30-13-19(29)24-16-2-1-3-18(28)12-16/h1-12,28H,13H2,(H,24,29). The fourth-order valence-electron chi connectivity index (χ4n) is 2.79. The zero-order valence-corrected chi connectivity index (χ0v) is 17.1. The van der Waals surface area contributed by atoms with Crippen LogP contribution in [-0.2, 0) is 4.79 Å². The average Bonchev–Trinajstić information content (AvgIpc) is 3.17. The number of aromatic hydroxyl groups is 1. The van der Waals surface area contributed by atoms with Crippen LogP contribution in [-0.4, -0.2) is 36.5 Å². The van der Waals surface area contributed by atoms with Crippen LogP contribution in [0.3, 0.4) is 0 Å². The number of aromatic nitrogens is 4. The van der Waals surface area contributed by atoms with E-state index in [4.69, 9.17) is 11.6 Å². The number of nitrogens with one attached hydrogen (secondary N) is 1. The first kappa shape index (κ1) is 19.9. The summed E-state index contributed by atoms with van der Waals surface area (Å²) in [7, 11) is 0. The van der Waals surface area contributed by atoms with Crippen LogP contribution in [0.4, 0.5) is 5.69 Å². The van der Waals surface area contributed by atoms with E-state index in [1.807, 2.05) is 28.8 Å². The van der Waals surface area contributed by atoms with E-state index in [0.717, 1.165) is 11.3 Å². The van der Waals surface area contributed by atoms with Crippen LogP contribution < -0.4 is 5.32 Å². The molecular formula is C21H16ClN5O2S. The number of carbonyl (C=O) groups is 1. The number of thioether (sulfide) groups is 1. The lowest BCUT2D eigenvalue weighted by atomic mass is 10.2. The number of amides is 1. The molecule has 7 nitrogen and oxygen atoms in total. The van der Waals surface area contributed by atoms with Crippen molar-refractivity contribution in [2.45, 2.75) is 5.16 Å². The van der Waals surface area contributed by atoms with Gasteiger partial charge >= 0.3 is 0 Å². The number of benzene rings is 2. The van der Waals surface area contributed by atoms with Crippen LogP contribution in [0.1, 0.15) is 0 Å². The Bertz CT molecular complexity index is 1170. The van der Waals surface area contributed by atoms with E-state index >= 15 is 0 Å². The van der Waals surface area contributed by atoms with Crippen LogP contribution >= 0.6 is 23.4 Å². The van der Waals surface area contributed by atoms with Crippen LogP contribution in [0.25, 0.3) is 17.1 Å². The first-order valence-electron chi connectivity index (χ1n) is 8.93. The second-order valence-corrected chi connectivity index (χ2v) is 7.62. The molecule has 0 spiro atoms. The largest absolute Gasteiger partial charge is 0.508 e. The second kappa shape index (κ2) is 8.98. The van der Waals surface area contributed by atoms with E-state index in [-0.39, 0.29) is 17.4 Å². The molecule has 2 N–H and O–H groups in total. The van der Waals surface area contributed by atoms with Gasteiger partial charge in [-0.25, -0.2) is 0 Å². The highest BCUT2D eigenvalue weighted by molar-refractivity contribution is 7.99. The topological polar surface area (TPSA) is 92.9 Å². The number of nitrogens with zero attached hydrogens (tertiary/aromatic N) is 4. The predicted molar refractivity (Wildman–Crippen MR) is 117 cm³/mol. The zero-order valence-electron chi connectivity index (χ0n) is 15.6. The van der Waals surface area contributed by atoms with Gasteiger partial charge < -0.3 is 10.4 Å². The predicted octanol–water partition coefficient (Wildman–Crippen LogP) is 4.42. The molecular weight excluding hydrogens is 422 g/mol. The van der Waals surface area contributed by atoms with Gasteiger partial charge in [-0.1, -0.05) is 29.4 Å². The summed E-state index contributed by atoms with van der Waals surface area (Å²) in [6.45, 7) is 0. The maximum absolute atomic E-state index is 12.4. The second-order valence-electron chi connectivity index (χ2n) is 6.24. The number of carbonyl (C=O) groups excluding carboxylic acids is 1. The lowest BCUT2D eigenvalue weighted by Crippen LogP contribution is -2.14. The van der Waals surface area contributed by atoms with E-state index in [2.05, 4.69) is 20.5 Å². The van der Waals surface area contributed by atoms with E-state index < -0.39 is 0 Å². The third-order valence-corrected chi connectivity index (χ3v) is 5.30. The van der Waals surface area contributed by atoms with Crippen LogP contribution in [0.5, 0.6) is 5.75 Å². The normalized spacial score (nSPS) is 10.7. The number of anilines is 1. The fraction of sp³-hybridized carbons (Fsp3) is 0.0476. The molecule has 0 bridgehead atoms. The van der Waals surface area contributed by atoms with Crippen molar-refractivity contribution in [2.75, 3.05) is 11.1 Å². The summed E-state index contributed by atoms with van der Waals surface area (Å²) < 4.78 is 1.87. The zero-order chi connectivity index (χ0) is 20.9. The molecule has 30 heavy (non-hydrogen) atoms. The van der Waals surface area contributed by atoms with Gasteiger partial charge in [-0.2, -0.15) is 0 Å². The molecule has 0 aliphatic carbocycles. The number of halogens is 1. The van der Waals surface area contributed by atoms with Gasteiger partial charge in [0.05, 0.1) is 5.75 Å². The van der Waals surface area contributed by atoms with Crippen molar-refractivity contribution in [3.63, 3.8) is 0 Å². The SMILES string of the molecule is O=C(CSc1nnc(-c2ccncc2)n1-c1ccc(Cl)cc1)Nc1cccc(O)c1. The Balaban J connectivity index is 1.59. The van der Waals surface area contributed by atoms with Gasteiger partial charge in [0, 0.05) is 40.4 Å². The van der Waals surface area contributed by atoms with Crippen molar-refractivity contribution in [1.82, 2.24) is 19.7 Å². The van der Waals surface area contributed by atoms with E-state index in [1.54, 1.807) is 42.7 Å². The van der Waals surface area contributed by atoms with Crippen LogP contribution in [0.15, 0.2) is 78.2 Å². The highest BCUT2D eigenvalue weighted by Gasteiger charge is 2.17. The van der Waals surface area contributed by atoms with Crippen molar-refractivity contribution in [3.05, 3.63) is 78.1 Å². The Kier molecular flexibility index (Phi) is 5.97. The molecule has 1 amide bonds. The fourth-order valence-corrected chi connectivity index (χ4v) is 3.66. The monoisotopic (exact) mass is 437 g/mol. The number of hydrogen-bond acceptors (Lipinski definition) is 6. The molecule has 0 aliphatic rings. The van der Waals surface area contributed by atoms with Gasteiger partial charge in [0.25, 0.3) is 0 Å². The van der Waals surface area contributed by atoms with Gasteiger partial charge in [0.2, 0.25) is 5.91 Å². The van der Waals surface area contributed by atoms with Crippen molar-refractivity contribution in [1.29, 1.82) is 0 Å². The van der Waals surface area contributed by atoms with Crippen LogP contribution in [0.2, 0.25) is 5.02 Å². The van der Waals surface area contributed by atoms with Gasteiger partial charge in [0.15, 0.2) is 11.0 Å². The molecule has 0 saturated carbocycles. The summed E-state index contributed by atoms with van der Waals surface area (Å²) in [5.74, 6) is 0.625. The highest BCUT2D eigenvalue weighted by atomic mass is 35.5. The minimum Gasteiger partial charge on any atom is -0.508 e. The number of hydrogen-bond donors (Lipinski definition) is 2. The van der Waals surface area contributed by atoms with Gasteiger partial charge in [-0.05, 0) is 48.5 Å². The Labute approximate surface area is 181 Å². The van der Waals surface area contributed by atoms with E-state index in [9.17, 15) is 9.90 Å². The molecule has 150 valence electrons. The summed E-state index contributed by atoms with van der Waals surface area (Å²) in [4.78, 5) is 16.4. The maximum Gasteiger partial charge on any atom is 0.234 e. The van der Waals surface area contributed by atoms with Crippen molar-refractivity contribution < 1.29 is 9.90 Å². The average molecular weight is 438 g/mol. The Morgan fingerprint density at radius 3 is 2.57 bits per heavy atom. The molecule has 4 rings (SSSR count). The lowest BCUT2D eigenvalue weighted by Gasteiger charge is -2.10. The van der Waals surface area contributed by atoms with E-state index in [1.165, 1.54) is 17.8 Å². The minimum absolute atomic E-state index is 0.0879. The quantitative estimate of drug-likeness (QED) is 0.434. The molecule has 0 radical (unpaired) electrons. The molecule has 2 heterocycles. The summed E-state index contributed by atoms with van der Waals surface area (Å²) in [5, 5.41) is 22.1. The summed E-state index contributed by atoms with van der Waals surface area (Å²) >= 11 is 7.30. The molecule has 0 atom stereocenters. The Morgan fingerprint density at radius 2 is 1.83 bits per heavy atom. The van der Waals surface area contributed by atoms with Gasteiger partial charge in [-0.15, -0.1) is 10.2 Å². The molecule has 0 unspecified atom stereocenters. The highest BCUT2D eigenvalue weighted by Crippen LogP contribution is 2.28. The number of rotatable bonds is 6. The molecule has 0 aliphatic heterocycles. The van der Waals surface area contributed by atoms with Gasteiger partial charge in [0.1, 0.15) is 5.75 Å². The Hall–Kier alpha value is -3.36. The summed E-state index contributed by atoms with van der Waals surface area (Å²) in [6, 6.07) is 17.4. The van der Waals surface area contributed by atoms with Crippen molar-refractivity contribution in [2.24, 2.45) is 0 Å². The van der Waals surface area contributed by atoms with Crippen molar-refractivity contribution >= 4 is 35.0 Å². The Morgan fingerprint density at radius 1 is 1.07 bits per heavy atom. The number of phenols is 1. The van der Waals surface area contributed by atoms with E-state index in [0.29, 0.717) is 21.7 Å². The first-order valence-corrected chi connectivity index (χ1v) is 10.3. The summed E-state index contributed by atoms with van der Waals surface area (Å²) in [5.41, 5.74) is 2.20. The molecule has 9 heteroatoms. The lowest BCUT2D eigenvalue weighted by molar-refractivity contribution is -0.113.